The van der Waals surface area contributed by atoms with Gasteiger partial charge in [0.2, 0.25) is 0 Å². The molecule has 0 saturated heterocycles. The lowest BCUT2D eigenvalue weighted by Crippen LogP contribution is -2.51. The van der Waals surface area contributed by atoms with E-state index < -0.39 is 5.72 Å². The molecule has 0 spiro atoms. The van der Waals surface area contributed by atoms with Crippen LogP contribution >= 0.6 is 0 Å². The molecule has 4 rings (SSSR count). The Labute approximate surface area is 199 Å². The van der Waals surface area contributed by atoms with Gasteiger partial charge in [0.05, 0.1) is 30.9 Å². The van der Waals surface area contributed by atoms with Gasteiger partial charge in [-0.2, -0.15) is 0 Å². The summed E-state index contributed by atoms with van der Waals surface area (Å²) < 4.78 is 18.0. The number of benzene rings is 2. The summed E-state index contributed by atoms with van der Waals surface area (Å²) in [4.78, 5) is 32.5. The van der Waals surface area contributed by atoms with Crippen molar-refractivity contribution in [1.29, 1.82) is 0 Å². The van der Waals surface area contributed by atoms with Crippen LogP contribution < -0.4 is 9.47 Å². The molecule has 0 fully saturated rings. The topological polar surface area (TPSA) is 78.0 Å². The number of imide groups is 1. The third kappa shape index (κ3) is 4.15. The number of nitrogens with zero attached hydrogens (tertiary/aromatic N) is 2. The second-order valence-corrected chi connectivity index (χ2v) is 7.81. The Balaban J connectivity index is 1.84. The Kier molecular flexibility index (Phi) is 6.93. The average Bonchev–Trinajstić information content (AvgIpc) is 3.13. The van der Waals surface area contributed by atoms with Crippen molar-refractivity contribution < 1.29 is 23.8 Å². The molecule has 176 valence electrons. The highest BCUT2D eigenvalue weighted by Gasteiger charge is 2.50. The van der Waals surface area contributed by atoms with E-state index in [1.165, 1.54) is 4.90 Å². The molecular weight excluding hydrogens is 432 g/mol. The Morgan fingerprint density at radius 3 is 2.12 bits per heavy atom. The van der Waals surface area contributed by atoms with Gasteiger partial charge in [-0.05, 0) is 56.2 Å². The molecule has 1 unspecified atom stereocenters. The molecule has 1 aliphatic rings. The van der Waals surface area contributed by atoms with Gasteiger partial charge in [0.15, 0.2) is 17.2 Å². The Bertz CT molecular complexity index is 1150. The van der Waals surface area contributed by atoms with Gasteiger partial charge in [-0.1, -0.05) is 31.2 Å². The van der Waals surface area contributed by atoms with Gasteiger partial charge in [0.1, 0.15) is 0 Å². The number of pyridine rings is 1. The maximum absolute atomic E-state index is 13.5. The average molecular weight is 461 g/mol. The van der Waals surface area contributed by atoms with Crippen LogP contribution in [0.4, 0.5) is 0 Å². The van der Waals surface area contributed by atoms with Crippen LogP contribution in [0.3, 0.4) is 0 Å². The molecule has 1 aliphatic heterocycles. The van der Waals surface area contributed by atoms with Crippen LogP contribution in [0.1, 0.15) is 59.0 Å². The largest absolute Gasteiger partial charge is 0.490 e. The summed E-state index contributed by atoms with van der Waals surface area (Å²) in [7, 11) is 0. The number of carbonyl (C=O) groups excluding carboxylic acids is 2. The maximum Gasteiger partial charge on any atom is 0.264 e. The van der Waals surface area contributed by atoms with E-state index in [4.69, 9.17) is 14.2 Å². The van der Waals surface area contributed by atoms with Gasteiger partial charge >= 0.3 is 0 Å². The molecule has 0 saturated carbocycles. The summed E-state index contributed by atoms with van der Waals surface area (Å²) in [6.45, 7) is 6.75. The third-order valence-electron chi connectivity index (χ3n) is 5.83. The van der Waals surface area contributed by atoms with Crippen molar-refractivity contribution in [3.63, 3.8) is 0 Å². The van der Waals surface area contributed by atoms with Gasteiger partial charge in [0.25, 0.3) is 11.8 Å². The SMILES string of the molecule is CCOc1ccc(C(CC)(OCc2cccnc2)N2C(=O)c3ccccc3C2=O)cc1OCC. The second kappa shape index (κ2) is 10.1. The van der Waals surface area contributed by atoms with Crippen LogP contribution in [0.25, 0.3) is 0 Å². The van der Waals surface area contributed by atoms with E-state index in [9.17, 15) is 9.59 Å². The number of carbonyl (C=O) groups is 2. The van der Waals surface area contributed by atoms with Crippen molar-refractivity contribution in [2.45, 2.75) is 39.5 Å². The number of rotatable bonds is 10. The Morgan fingerprint density at radius 2 is 1.53 bits per heavy atom. The predicted molar refractivity (Wildman–Crippen MR) is 127 cm³/mol. The highest BCUT2D eigenvalue weighted by Crippen LogP contribution is 2.43. The van der Waals surface area contributed by atoms with Crippen LogP contribution in [0.15, 0.2) is 67.0 Å². The first-order valence-corrected chi connectivity index (χ1v) is 11.5. The monoisotopic (exact) mass is 460 g/mol. The van der Waals surface area contributed by atoms with Crippen molar-refractivity contribution >= 4 is 11.8 Å². The minimum atomic E-state index is -1.36. The summed E-state index contributed by atoms with van der Waals surface area (Å²) >= 11 is 0. The lowest BCUT2D eigenvalue weighted by molar-refractivity contribution is -0.139. The van der Waals surface area contributed by atoms with Crippen molar-refractivity contribution in [2.75, 3.05) is 13.2 Å². The Hall–Kier alpha value is -3.71. The molecule has 0 bridgehead atoms. The molecule has 1 aromatic heterocycles. The number of fused-ring (bicyclic) bond motifs is 1. The summed E-state index contributed by atoms with van der Waals surface area (Å²) in [5.74, 6) is 0.343. The van der Waals surface area contributed by atoms with Crippen LogP contribution in [-0.2, 0) is 17.1 Å². The zero-order chi connectivity index (χ0) is 24.1. The van der Waals surface area contributed by atoms with E-state index in [2.05, 4.69) is 4.98 Å². The predicted octanol–water partition coefficient (Wildman–Crippen LogP) is 4.95. The first-order chi connectivity index (χ1) is 16.6. The second-order valence-electron chi connectivity index (χ2n) is 7.81. The number of hydrogen-bond acceptors (Lipinski definition) is 6. The van der Waals surface area contributed by atoms with E-state index in [0.717, 1.165) is 5.56 Å². The van der Waals surface area contributed by atoms with Crippen molar-refractivity contribution in [3.05, 3.63) is 89.2 Å². The van der Waals surface area contributed by atoms with E-state index in [1.54, 1.807) is 48.8 Å². The summed E-state index contributed by atoms with van der Waals surface area (Å²) in [5, 5.41) is 0. The number of hydrogen-bond donors (Lipinski definition) is 0. The van der Waals surface area contributed by atoms with Crippen molar-refractivity contribution in [3.8, 4) is 11.5 Å². The Morgan fingerprint density at radius 1 is 0.853 bits per heavy atom. The molecule has 1 atom stereocenters. The van der Waals surface area contributed by atoms with Gasteiger partial charge in [0, 0.05) is 18.0 Å². The molecule has 2 aromatic carbocycles. The van der Waals surface area contributed by atoms with Gasteiger partial charge in [-0.15, -0.1) is 0 Å². The normalized spacial score (nSPS) is 14.6. The number of aromatic nitrogens is 1. The van der Waals surface area contributed by atoms with E-state index in [1.807, 2.05) is 39.0 Å². The van der Waals surface area contributed by atoms with Gasteiger partial charge in [-0.3, -0.25) is 14.6 Å². The first kappa shape index (κ1) is 23.4. The van der Waals surface area contributed by atoms with E-state index in [-0.39, 0.29) is 18.4 Å². The molecule has 3 aromatic rings. The summed E-state index contributed by atoms with van der Waals surface area (Å²) in [6, 6.07) is 16.0. The highest BCUT2D eigenvalue weighted by atomic mass is 16.5. The van der Waals surface area contributed by atoms with Gasteiger partial charge in [-0.25, -0.2) is 4.90 Å². The zero-order valence-corrected chi connectivity index (χ0v) is 19.6. The first-order valence-electron chi connectivity index (χ1n) is 11.5. The smallest absolute Gasteiger partial charge is 0.264 e. The fraction of sp³-hybridized carbons (Fsp3) is 0.296. The summed E-state index contributed by atoms with van der Waals surface area (Å²) in [6.07, 6.45) is 3.71. The fourth-order valence-corrected chi connectivity index (χ4v) is 4.24. The minimum Gasteiger partial charge on any atom is -0.490 e. The molecular formula is C27H28N2O5. The van der Waals surface area contributed by atoms with Crippen LogP contribution in [0.2, 0.25) is 0 Å². The molecule has 0 radical (unpaired) electrons. The number of amides is 2. The molecule has 2 amide bonds. The maximum atomic E-state index is 13.5. The van der Waals surface area contributed by atoms with Gasteiger partial charge < -0.3 is 14.2 Å². The standard InChI is InChI=1S/C27H28N2O5/c1-4-27(34-18-19-10-9-15-28-17-19,20-13-14-23(32-5-2)24(16-20)33-6-3)29-25(30)21-11-7-8-12-22(21)26(29)31/h7-17H,4-6,18H2,1-3H3. The van der Waals surface area contributed by atoms with Crippen LogP contribution in [-0.4, -0.2) is 34.9 Å². The van der Waals surface area contributed by atoms with E-state index >= 15 is 0 Å². The number of ether oxygens (including phenoxy) is 3. The molecule has 2 heterocycles. The van der Waals surface area contributed by atoms with E-state index in [0.29, 0.717) is 47.8 Å². The van der Waals surface area contributed by atoms with Crippen LogP contribution in [0, 0.1) is 0 Å². The quantitative estimate of drug-likeness (QED) is 0.398. The minimum absolute atomic E-state index is 0.159. The van der Waals surface area contributed by atoms with Crippen molar-refractivity contribution in [2.24, 2.45) is 0 Å². The van der Waals surface area contributed by atoms with Crippen LogP contribution in [0.5, 0.6) is 11.5 Å². The fourth-order valence-electron chi connectivity index (χ4n) is 4.24. The molecule has 34 heavy (non-hydrogen) atoms. The molecule has 0 N–H and O–H groups in total. The zero-order valence-electron chi connectivity index (χ0n) is 19.6. The lowest BCUT2D eigenvalue weighted by atomic mass is 9.96. The molecule has 7 nitrogen and oxygen atoms in total. The molecule has 0 aliphatic carbocycles. The lowest BCUT2D eigenvalue weighted by Gasteiger charge is -2.40. The van der Waals surface area contributed by atoms with Crippen molar-refractivity contribution in [1.82, 2.24) is 9.88 Å². The highest BCUT2D eigenvalue weighted by molar-refractivity contribution is 6.21. The molecule has 7 heteroatoms. The summed E-state index contributed by atoms with van der Waals surface area (Å²) in [5.41, 5.74) is 0.824. The third-order valence-corrected chi connectivity index (χ3v) is 5.83.